The Morgan fingerprint density at radius 3 is 2.56 bits per heavy atom. The van der Waals surface area contributed by atoms with Crippen molar-refractivity contribution in [2.45, 2.75) is 27.3 Å². The lowest BCUT2D eigenvalue weighted by molar-refractivity contribution is -0.127. The van der Waals surface area contributed by atoms with Gasteiger partial charge < -0.3 is 0 Å². The highest BCUT2D eigenvalue weighted by Crippen LogP contribution is 2.15. The fourth-order valence-corrected chi connectivity index (χ4v) is 1.40. The fourth-order valence-electron chi connectivity index (χ4n) is 1.40. The Kier molecular flexibility index (Phi) is 3.86. The zero-order valence-electron chi connectivity index (χ0n) is 10.8. The third-order valence-electron chi connectivity index (χ3n) is 2.46. The van der Waals surface area contributed by atoms with Gasteiger partial charge in [-0.2, -0.15) is 5.10 Å². The van der Waals surface area contributed by atoms with Crippen molar-refractivity contribution in [1.82, 2.24) is 14.7 Å². The second-order valence-electron chi connectivity index (χ2n) is 5.37. The molecule has 1 aromatic heterocycles. The van der Waals surface area contributed by atoms with Gasteiger partial charge in [-0.1, -0.05) is 20.8 Å². The lowest BCUT2D eigenvalue weighted by Crippen LogP contribution is -2.33. The molecule has 0 saturated carbocycles. The lowest BCUT2D eigenvalue weighted by atomic mass is 9.90. The van der Waals surface area contributed by atoms with Crippen molar-refractivity contribution in [2.24, 2.45) is 12.5 Å². The Morgan fingerprint density at radius 2 is 2.12 bits per heavy atom. The number of carbonyl (C=O) groups is 1. The molecule has 0 aliphatic rings. The Morgan fingerprint density at radius 1 is 1.50 bits per heavy atom. The van der Waals surface area contributed by atoms with Crippen molar-refractivity contribution < 1.29 is 4.79 Å². The molecule has 0 N–H and O–H groups in total. The van der Waals surface area contributed by atoms with Crippen LogP contribution in [0, 0.1) is 5.41 Å². The Bertz CT molecular complexity index is 363. The highest BCUT2D eigenvalue weighted by atomic mass is 16.1. The quantitative estimate of drug-likeness (QED) is 0.775. The Balaban J connectivity index is 2.48. The van der Waals surface area contributed by atoms with Crippen LogP contribution in [-0.2, 0) is 18.4 Å². The van der Waals surface area contributed by atoms with E-state index >= 15 is 0 Å². The molecule has 0 aliphatic heterocycles. The average molecular weight is 223 g/mol. The normalized spacial score (nSPS) is 12.1. The van der Waals surface area contributed by atoms with E-state index in [1.807, 2.05) is 52.2 Å². The first kappa shape index (κ1) is 12.9. The van der Waals surface area contributed by atoms with Crippen LogP contribution in [0.15, 0.2) is 12.4 Å². The molecule has 0 aromatic carbocycles. The maximum absolute atomic E-state index is 11.8. The van der Waals surface area contributed by atoms with E-state index in [0.29, 0.717) is 6.54 Å². The van der Waals surface area contributed by atoms with Crippen molar-refractivity contribution in [2.75, 3.05) is 13.6 Å². The van der Waals surface area contributed by atoms with E-state index in [1.165, 1.54) is 0 Å². The fraction of sp³-hybridized carbons (Fsp3) is 0.667. The van der Waals surface area contributed by atoms with Crippen molar-refractivity contribution >= 4 is 5.78 Å². The number of likely N-dealkylation sites (N-methyl/N-ethyl adjacent to an activating group) is 1. The van der Waals surface area contributed by atoms with Crippen LogP contribution in [-0.4, -0.2) is 34.1 Å². The van der Waals surface area contributed by atoms with Gasteiger partial charge >= 0.3 is 0 Å². The summed E-state index contributed by atoms with van der Waals surface area (Å²) in [7, 11) is 3.85. The molecule has 0 bridgehead atoms. The minimum atomic E-state index is -0.261. The van der Waals surface area contributed by atoms with E-state index < -0.39 is 0 Å². The molecule has 0 atom stereocenters. The summed E-state index contributed by atoms with van der Waals surface area (Å²) in [6.45, 7) is 7.10. The van der Waals surface area contributed by atoms with Crippen molar-refractivity contribution in [1.29, 1.82) is 0 Å². The third-order valence-corrected chi connectivity index (χ3v) is 2.46. The maximum Gasteiger partial charge on any atom is 0.152 e. The molecule has 1 rings (SSSR count). The number of aryl methyl sites for hydroxylation is 1. The predicted molar refractivity (Wildman–Crippen MR) is 64.0 cm³/mol. The zero-order valence-corrected chi connectivity index (χ0v) is 10.8. The highest BCUT2D eigenvalue weighted by molar-refractivity contribution is 5.85. The van der Waals surface area contributed by atoms with Gasteiger partial charge in [-0.25, -0.2) is 0 Å². The number of carbonyl (C=O) groups excluding carboxylic acids is 1. The van der Waals surface area contributed by atoms with E-state index in [4.69, 9.17) is 0 Å². The van der Waals surface area contributed by atoms with Gasteiger partial charge in [-0.3, -0.25) is 14.4 Å². The van der Waals surface area contributed by atoms with Gasteiger partial charge in [0.1, 0.15) is 0 Å². The predicted octanol–water partition coefficient (Wildman–Crippen LogP) is 1.47. The van der Waals surface area contributed by atoms with E-state index in [-0.39, 0.29) is 11.2 Å². The van der Waals surface area contributed by atoms with Crippen LogP contribution >= 0.6 is 0 Å². The topological polar surface area (TPSA) is 38.1 Å². The van der Waals surface area contributed by atoms with Gasteiger partial charge in [0.05, 0.1) is 12.7 Å². The minimum Gasteiger partial charge on any atom is -0.298 e. The summed E-state index contributed by atoms with van der Waals surface area (Å²) in [5, 5.41) is 4.10. The molecule has 0 saturated heterocycles. The first-order chi connectivity index (χ1) is 7.29. The monoisotopic (exact) mass is 223 g/mol. The lowest BCUT2D eigenvalue weighted by Gasteiger charge is -2.21. The van der Waals surface area contributed by atoms with Crippen LogP contribution in [0.5, 0.6) is 0 Å². The number of aromatic nitrogens is 2. The zero-order chi connectivity index (χ0) is 12.3. The molecule has 0 radical (unpaired) electrons. The molecule has 4 nitrogen and oxygen atoms in total. The molecular formula is C12H21N3O. The molecular weight excluding hydrogens is 202 g/mol. The summed E-state index contributed by atoms with van der Waals surface area (Å²) >= 11 is 0. The molecule has 1 aromatic rings. The highest BCUT2D eigenvalue weighted by Gasteiger charge is 2.22. The molecule has 0 unspecified atom stereocenters. The molecule has 4 heteroatoms. The summed E-state index contributed by atoms with van der Waals surface area (Å²) in [6.07, 6.45) is 3.80. The molecule has 0 spiro atoms. The molecule has 0 aliphatic carbocycles. The van der Waals surface area contributed by atoms with Crippen LogP contribution < -0.4 is 0 Å². The Labute approximate surface area is 97.2 Å². The van der Waals surface area contributed by atoms with Gasteiger partial charge in [-0.05, 0) is 7.05 Å². The number of ketones is 1. The second-order valence-corrected chi connectivity index (χ2v) is 5.37. The number of rotatable bonds is 4. The van der Waals surface area contributed by atoms with Gasteiger partial charge in [0.25, 0.3) is 0 Å². The summed E-state index contributed by atoms with van der Waals surface area (Å²) in [5.74, 6) is 0.263. The van der Waals surface area contributed by atoms with Crippen molar-refractivity contribution in [3.05, 3.63) is 18.0 Å². The number of nitrogens with zero attached hydrogens (tertiary/aromatic N) is 3. The maximum atomic E-state index is 11.8. The molecule has 16 heavy (non-hydrogen) atoms. The van der Waals surface area contributed by atoms with E-state index in [2.05, 4.69) is 5.10 Å². The van der Waals surface area contributed by atoms with Crippen molar-refractivity contribution in [3.63, 3.8) is 0 Å². The SMILES string of the molecule is CN(CC(=O)C(C)(C)C)Cc1cnn(C)c1. The van der Waals surface area contributed by atoms with Gasteiger partial charge in [0, 0.05) is 30.8 Å². The van der Waals surface area contributed by atoms with Crippen LogP contribution in [0.2, 0.25) is 0 Å². The molecule has 90 valence electrons. The summed E-state index contributed by atoms with van der Waals surface area (Å²) in [4.78, 5) is 13.8. The molecule has 0 fully saturated rings. The Hall–Kier alpha value is -1.16. The van der Waals surface area contributed by atoms with Crippen LogP contribution in [0.25, 0.3) is 0 Å². The summed E-state index contributed by atoms with van der Waals surface area (Å²) < 4.78 is 1.77. The van der Waals surface area contributed by atoms with Gasteiger partial charge in [-0.15, -0.1) is 0 Å². The van der Waals surface area contributed by atoms with E-state index in [9.17, 15) is 4.79 Å². The minimum absolute atomic E-state index is 0.261. The van der Waals surface area contributed by atoms with Gasteiger partial charge in [0.15, 0.2) is 5.78 Å². The van der Waals surface area contributed by atoms with Crippen LogP contribution in [0.3, 0.4) is 0 Å². The van der Waals surface area contributed by atoms with Gasteiger partial charge in [0.2, 0.25) is 0 Å². The second kappa shape index (κ2) is 4.78. The van der Waals surface area contributed by atoms with E-state index in [1.54, 1.807) is 4.68 Å². The standard InChI is InChI=1S/C12H21N3O/c1-12(2,3)11(16)9-14(4)7-10-6-13-15(5)8-10/h6,8H,7,9H2,1-5H3. The number of hydrogen-bond acceptors (Lipinski definition) is 3. The summed E-state index contributed by atoms with van der Waals surface area (Å²) in [5.41, 5.74) is 0.870. The molecule has 1 heterocycles. The first-order valence-electron chi connectivity index (χ1n) is 5.48. The number of hydrogen-bond donors (Lipinski definition) is 0. The smallest absolute Gasteiger partial charge is 0.152 e. The van der Waals surface area contributed by atoms with Crippen LogP contribution in [0.1, 0.15) is 26.3 Å². The van der Waals surface area contributed by atoms with E-state index in [0.717, 1.165) is 12.1 Å². The first-order valence-corrected chi connectivity index (χ1v) is 5.48. The van der Waals surface area contributed by atoms with Crippen LogP contribution in [0.4, 0.5) is 0 Å². The summed E-state index contributed by atoms with van der Waals surface area (Å²) in [6, 6.07) is 0. The molecule has 0 amide bonds. The largest absolute Gasteiger partial charge is 0.298 e. The average Bonchev–Trinajstić information content (AvgIpc) is 2.49. The van der Waals surface area contributed by atoms with Crippen molar-refractivity contribution in [3.8, 4) is 0 Å². The third kappa shape index (κ3) is 3.77. The number of Topliss-reactive ketones (excluding diaryl/α,β-unsaturated/α-hetero) is 1.